The van der Waals surface area contributed by atoms with E-state index in [0.29, 0.717) is 18.5 Å². The molecule has 23 heavy (non-hydrogen) atoms. The first-order valence-corrected chi connectivity index (χ1v) is 9.08. The Bertz CT molecular complexity index is 667. The highest BCUT2D eigenvalue weighted by molar-refractivity contribution is 7.13. The van der Waals surface area contributed by atoms with Crippen LogP contribution in [0.15, 0.2) is 29.9 Å². The van der Waals surface area contributed by atoms with Gasteiger partial charge in [0.15, 0.2) is 0 Å². The Kier molecular flexibility index (Phi) is 3.76. The number of nitrogens with zero attached hydrogens (tertiary/aromatic N) is 3. The maximum atomic E-state index is 13.2. The van der Waals surface area contributed by atoms with Crippen molar-refractivity contribution in [1.82, 2.24) is 14.5 Å². The molecule has 2 aromatic rings. The molecule has 0 amide bonds. The van der Waals surface area contributed by atoms with Crippen LogP contribution in [-0.4, -0.2) is 40.0 Å². The van der Waals surface area contributed by atoms with Crippen molar-refractivity contribution >= 4 is 11.3 Å². The zero-order chi connectivity index (χ0) is 16.0. The van der Waals surface area contributed by atoms with Crippen molar-refractivity contribution in [1.29, 1.82) is 0 Å². The Labute approximate surface area is 138 Å². The van der Waals surface area contributed by atoms with Gasteiger partial charge in [0.25, 0.3) is 5.92 Å². The highest BCUT2D eigenvalue weighted by Crippen LogP contribution is 2.49. The molecule has 4 rings (SSSR count). The molecule has 0 radical (unpaired) electrons. The lowest BCUT2D eigenvalue weighted by Crippen LogP contribution is -2.42. The third-order valence-corrected chi connectivity index (χ3v) is 5.77. The van der Waals surface area contributed by atoms with E-state index in [1.165, 1.54) is 0 Å². The molecule has 3 atom stereocenters. The zero-order valence-corrected chi connectivity index (χ0v) is 14.0. The number of likely N-dealkylation sites (tertiary alicyclic amines) is 1. The molecule has 2 aliphatic rings. The van der Waals surface area contributed by atoms with Gasteiger partial charge in [0.1, 0.15) is 5.01 Å². The molecule has 1 unspecified atom stereocenters. The number of piperidine rings is 1. The second kappa shape index (κ2) is 5.67. The summed E-state index contributed by atoms with van der Waals surface area (Å²) in [6.45, 7) is 4.53. The summed E-state index contributed by atoms with van der Waals surface area (Å²) in [6, 6.07) is 4.48. The van der Waals surface area contributed by atoms with Crippen LogP contribution in [0, 0.1) is 11.8 Å². The molecule has 1 aliphatic carbocycles. The standard InChI is InChI=1S/C17H21F2N3S/c1-12-7-14(11-21(9-12)10-13-8-17(13,18)19)22-5-2-3-15(22)16-20-4-6-23-16/h2-6,12-14H,7-11H2,1H3/t12-,13?,14+/m0/s1. The second-order valence-corrected chi connectivity index (χ2v) is 7.91. The molecule has 2 fully saturated rings. The van der Waals surface area contributed by atoms with Crippen molar-refractivity contribution in [2.24, 2.45) is 11.8 Å². The van der Waals surface area contributed by atoms with Crippen LogP contribution < -0.4 is 0 Å². The van der Waals surface area contributed by atoms with Crippen molar-refractivity contribution in [2.75, 3.05) is 19.6 Å². The second-order valence-electron chi connectivity index (χ2n) is 7.01. The van der Waals surface area contributed by atoms with E-state index < -0.39 is 11.8 Å². The lowest BCUT2D eigenvalue weighted by atomic mass is 9.95. The van der Waals surface area contributed by atoms with E-state index in [1.807, 2.05) is 11.6 Å². The number of halogens is 2. The summed E-state index contributed by atoms with van der Waals surface area (Å²) >= 11 is 1.64. The lowest BCUT2D eigenvalue weighted by molar-refractivity contribution is 0.0717. The Balaban J connectivity index is 1.51. The summed E-state index contributed by atoms with van der Waals surface area (Å²) in [4.78, 5) is 6.65. The van der Waals surface area contributed by atoms with Gasteiger partial charge in [-0.25, -0.2) is 13.8 Å². The summed E-state index contributed by atoms with van der Waals surface area (Å²) in [5.74, 6) is -2.33. The third-order valence-electron chi connectivity index (χ3n) is 4.97. The summed E-state index contributed by atoms with van der Waals surface area (Å²) in [5, 5.41) is 3.01. The zero-order valence-electron chi connectivity index (χ0n) is 13.2. The van der Waals surface area contributed by atoms with E-state index >= 15 is 0 Å². The Hall–Kier alpha value is -1.27. The summed E-state index contributed by atoms with van der Waals surface area (Å²) < 4.78 is 28.7. The summed E-state index contributed by atoms with van der Waals surface area (Å²) in [7, 11) is 0. The molecule has 0 bridgehead atoms. The van der Waals surface area contributed by atoms with Crippen molar-refractivity contribution in [3.8, 4) is 10.7 Å². The number of alkyl halides is 2. The third kappa shape index (κ3) is 3.06. The molecule has 1 aliphatic heterocycles. The van der Waals surface area contributed by atoms with E-state index in [9.17, 15) is 8.78 Å². The molecule has 6 heteroatoms. The summed E-state index contributed by atoms with van der Waals surface area (Å²) in [6.07, 6.45) is 5.08. The van der Waals surface area contributed by atoms with Crippen molar-refractivity contribution in [3.63, 3.8) is 0 Å². The molecule has 3 heterocycles. The fourth-order valence-corrected chi connectivity index (χ4v) is 4.47. The van der Waals surface area contributed by atoms with Gasteiger partial charge >= 0.3 is 0 Å². The Morgan fingerprint density at radius 3 is 2.91 bits per heavy atom. The first-order chi connectivity index (χ1) is 11.0. The number of rotatable bonds is 4. The first kappa shape index (κ1) is 15.3. The topological polar surface area (TPSA) is 21.1 Å². The molecule has 0 N–H and O–H groups in total. The van der Waals surface area contributed by atoms with Gasteiger partial charge in [0, 0.05) is 55.8 Å². The highest BCUT2D eigenvalue weighted by Gasteiger charge is 2.57. The smallest absolute Gasteiger partial charge is 0.252 e. The van der Waals surface area contributed by atoms with Crippen LogP contribution in [0.2, 0.25) is 0 Å². The number of aromatic nitrogens is 2. The highest BCUT2D eigenvalue weighted by atomic mass is 32.1. The van der Waals surface area contributed by atoms with E-state index in [4.69, 9.17) is 0 Å². The number of hydrogen-bond donors (Lipinski definition) is 0. The van der Waals surface area contributed by atoms with Gasteiger partial charge in [-0.05, 0) is 24.5 Å². The van der Waals surface area contributed by atoms with Crippen LogP contribution in [0.25, 0.3) is 10.7 Å². The Morgan fingerprint density at radius 2 is 2.22 bits per heavy atom. The quantitative estimate of drug-likeness (QED) is 0.836. The van der Waals surface area contributed by atoms with Gasteiger partial charge in [-0.15, -0.1) is 11.3 Å². The van der Waals surface area contributed by atoms with Crippen LogP contribution in [0.3, 0.4) is 0 Å². The summed E-state index contributed by atoms with van der Waals surface area (Å²) in [5.41, 5.74) is 1.14. The molecule has 0 aromatic carbocycles. The van der Waals surface area contributed by atoms with Gasteiger partial charge in [0.2, 0.25) is 0 Å². The monoisotopic (exact) mass is 337 g/mol. The van der Waals surface area contributed by atoms with E-state index in [2.05, 4.69) is 39.7 Å². The van der Waals surface area contributed by atoms with Gasteiger partial charge < -0.3 is 9.47 Å². The van der Waals surface area contributed by atoms with Crippen molar-refractivity contribution < 1.29 is 8.78 Å². The SMILES string of the molecule is C[C@H]1C[C@@H](n2cccc2-c2nccs2)CN(CC2CC2(F)F)C1. The molecule has 0 spiro atoms. The van der Waals surface area contributed by atoms with Crippen molar-refractivity contribution in [2.45, 2.75) is 31.7 Å². The minimum absolute atomic E-state index is 0.0659. The predicted molar refractivity (Wildman–Crippen MR) is 87.9 cm³/mol. The minimum atomic E-state index is -2.42. The predicted octanol–water partition coefficient (Wildman–Crippen LogP) is 4.15. The van der Waals surface area contributed by atoms with Gasteiger partial charge in [0.05, 0.1) is 5.69 Å². The Morgan fingerprint density at radius 1 is 1.39 bits per heavy atom. The molecular formula is C17H21F2N3S. The molecule has 124 valence electrons. The van der Waals surface area contributed by atoms with E-state index in [-0.39, 0.29) is 6.42 Å². The van der Waals surface area contributed by atoms with Crippen LogP contribution >= 0.6 is 11.3 Å². The first-order valence-electron chi connectivity index (χ1n) is 8.20. The molecule has 1 saturated carbocycles. The largest absolute Gasteiger partial charge is 0.341 e. The van der Waals surface area contributed by atoms with Crippen LogP contribution in [0.5, 0.6) is 0 Å². The van der Waals surface area contributed by atoms with E-state index in [0.717, 1.165) is 30.2 Å². The maximum absolute atomic E-state index is 13.2. The van der Waals surface area contributed by atoms with Crippen LogP contribution in [0.4, 0.5) is 8.78 Å². The van der Waals surface area contributed by atoms with Crippen LogP contribution in [0.1, 0.15) is 25.8 Å². The van der Waals surface area contributed by atoms with E-state index in [1.54, 1.807) is 11.3 Å². The van der Waals surface area contributed by atoms with Gasteiger partial charge in [-0.1, -0.05) is 6.92 Å². The molecule has 2 aromatic heterocycles. The normalized spacial score (nSPS) is 30.5. The number of hydrogen-bond acceptors (Lipinski definition) is 3. The van der Waals surface area contributed by atoms with Gasteiger partial charge in [-0.3, -0.25) is 0 Å². The van der Waals surface area contributed by atoms with Gasteiger partial charge in [-0.2, -0.15) is 0 Å². The average Bonchev–Trinajstić information content (AvgIpc) is 2.99. The average molecular weight is 337 g/mol. The van der Waals surface area contributed by atoms with Crippen LogP contribution in [-0.2, 0) is 0 Å². The lowest BCUT2D eigenvalue weighted by Gasteiger charge is -2.37. The fourth-order valence-electron chi connectivity index (χ4n) is 3.80. The molecular weight excluding hydrogens is 316 g/mol. The number of thiazole rings is 1. The molecule has 1 saturated heterocycles. The minimum Gasteiger partial charge on any atom is -0.341 e. The maximum Gasteiger partial charge on any atom is 0.252 e. The fraction of sp³-hybridized carbons (Fsp3) is 0.588. The van der Waals surface area contributed by atoms with Crippen molar-refractivity contribution in [3.05, 3.63) is 29.9 Å². The molecule has 3 nitrogen and oxygen atoms in total.